The number of nitrogens with zero attached hydrogens (tertiary/aromatic N) is 4. The lowest BCUT2D eigenvalue weighted by Crippen LogP contribution is -2.49. The third kappa shape index (κ3) is 2.75. The number of furan rings is 1. The first kappa shape index (κ1) is 16.9. The molecule has 1 aliphatic rings. The van der Waals surface area contributed by atoms with Crippen LogP contribution in [0.3, 0.4) is 0 Å². The van der Waals surface area contributed by atoms with Crippen molar-refractivity contribution in [2.75, 3.05) is 31.1 Å². The molecule has 3 heterocycles. The zero-order valence-corrected chi connectivity index (χ0v) is 14.9. The highest BCUT2D eigenvalue weighted by molar-refractivity contribution is 5.95. The van der Waals surface area contributed by atoms with Gasteiger partial charge in [-0.1, -0.05) is 18.2 Å². The van der Waals surface area contributed by atoms with Gasteiger partial charge >= 0.3 is 0 Å². The van der Waals surface area contributed by atoms with Crippen LogP contribution in [0.5, 0.6) is 0 Å². The third-order valence-corrected chi connectivity index (χ3v) is 5.00. The number of hydrogen-bond donors (Lipinski definition) is 0. The highest BCUT2D eigenvalue weighted by Gasteiger charge is 2.27. The lowest BCUT2D eigenvalue weighted by molar-refractivity contribution is 0.0715. The smallest absolute Gasteiger partial charge is 0.289 e. The fraction of sp³-hybridized carbons (Fsp3) is 0.250. The number of anilines is 1. The fourth-order valence-electron chi connectivity index (χ4n) is 3.60. The Kier molecular flexibility index (Phi) is 4.16. The topological polar surface area (TPSA) is 82.5 Å². The lowest BCUT2D eigenvalue weighted by Gasteiger charge is -2.36. The summed E-state index contributed by atoms with van der Waals surface area (Å²) in [5.74, 6) is 0.175. The van der Waals surface area contributed by atoms with Crippen LogP contribution in [0.2, 0.25) is 0 Å². The molecule has 1 aliphatic heterocycles. The minimum absolute atomic E-state index is 0.141. The van der Waals surface area contributed by atoms with Gasteiger partial charge in [0, 0.05) is 38.6 Å². The predicted molar refractivity (Wildman–Crippen MR) is 101 cm³/mol. The molecule has 0 aliphatic carbocycles. The van der Waals surface area contributed by atoms with Crippen molar-refractivity contribution in [3.63, 3.8) is 0 Å². The monoisotopic (exact) mass is 362 g/mol. The van der Waals surface area contributed by atoms with Crippen molar-refractivity contribution >= 4 is 22.5 Å². The molecule has 27 heavy (non-hydrogen) atoms. The minimum Gasteiger partial charge on any atom is -0.459 e. The highest BCUT2D eigenvalue weighted by atomic mass is 16.3. The van der Waals surface area contributed by atoms with Crippen molar-refractivity contribution in [2.45, 2.75) is 0 Å². The SMILES string of the molecule is Cn1c(=O)c(C#N)c(N2CCN(C(=O)c3ccco3)CC2)c2ccccc21. The van der Waals surface area contributed by atoms with E-state index in [9.17, 15) is 14.9 Å². The van der Waals surface area contributed by atoms with Gasteiger partial charge in [-0.25, -0.2) is 0 Å². The number of aromatic nitrogens is 1. The average Bonchev–Trinajstić information content (AvgIpc) is 3.25. The molecule has 0 bridgehead atoms. The van der Waals surface area contributed by atoms with E-state index in [4.69, 9.17) is 4.42 Å². The molecule has 0 N–H and O–H groups in total. The number of rotatable bonds is 2. The summed E-state index contributed by atoms with van der Waals surface area (Å²) in [6, 6.07) is 13.0. The van der Waals surface area contributed by atoms with Crippen LogP contribution in [-0.4, -0.2) is 41.6 Å². The Morgan fingerprint density at radius 1 is 1.11 bits per heavy atom. The number of hydrogen-bond acceptors (Lipinski definition) is 5. The fourth-order valence-corrected chi connectivity index (χ4v) is 3.60. The van der Waals surface area contributed by atoms with Crippen LogP contribution in [0.4, 0.5) is 5.69 Å². The van der Waals surface area contributed by atoms with Gasteiger partial charge in [-0.3, -0.25) is 9.59 Å². The van der Waals surface area contributed by atoms with Crippen LogP contribution < -0.4 is 10.5 Å². The molecule has 1 saturated heterocycles. The Morgan fingerprint density at radius 2 is 1.85 bits per heavy atom. The highest BCUT2D eigenvalue weighted by Crippen LogP contribution is 2.29. The van der Waals surface area contributed by atoms with Gasteiger partial charge in [0.25, 0.3) is 11.5 Å². The van der Waals surface area contributed by atoms with E-state index in [1.165, 1.54) is 10.8 Å². The van der Waals surface area contributed by atoms with Gasteiger partial charge in [-0.2, -0.15) is 5.26 Å². The van der Waals surface area contributed by atoms with Crippen molar-refractivity contribution in [1.29, 1.82) is 5.26 Å². The molecule has 136 valence electrons. The van der Waals surface area contributed by atoms with E-state index in [2.05, 4.69) is 6.07 Å². The van der Waals surface area contributed by atoms with E-state index >= 15 is 0 Å². The van der Waals surface area contributed by atoms with Crippen molar-refractivity contribution < 1.29 is 9.21 Å². The van der Waals surface area contributed by atoms with Gasteiger partial charge < -0.3 is 18.8 Å². The van der Waals surface area contributed by atoms with Gasteiger partial charge in [0.1, 0.15) is 11.6 Å². The molecule has 0 radical (unpaired) electrons. The lowest BCUT2D eigenvalue weighted by atomic mass is 10.1. The van der Waals surface area contributed by atoms with Gasteiger partial charge in [0.05, 0.1) is 17.5 Å². The van der Waals surface area contributed by atoms with Crippen LogP contribution in [-0.2, 0) is 7.05 Å². The summed E-state index contributed by atoms with van der Waals surface area (Å²) in [5.41, 5.74) is 1.27. The zero-order valence-electron chi connectivity index (χ0n) is 14.9. The minimum atomic E-state index is -0.305. The molecule has 1 aromatic carbocycles. The van der Waals surface area contributed by atoms with Crippen LogP contribution >= 0.6 is 0 Å². The predicted octanol–water partition coefficient (Wildman–Crippen LogP) is 1.97. The number of piperazine rings is 1. The number of aryl methyl sites for hydroxylation is 1. The number of amides is 1. The molecule has 1 fully saturated rings. The molecule has 0 saturated carbocycles. The van der Waals surface area contributed by atoms with E-state index < -0.39 is 0 Å². The van der Waals surface area contributed by atoms with E-state index in [0.717, 1.165) is 10.9 Å². The number of pyridine rings is 1. The number of benzene rings is 1. The second-order valence-corrected chi connectivity index (χ2v) is 6.47. The molecule has 0 unspecified atom stereocenters. The van der Waals surface area contributed by atoms with E-state index in [1.807, 2.05) is 29.2 Å². The number of para-hydroxylation sites is 1. The normalized spacial score (nSPS) is 14.4. The Labute approximate surface area is 155 Å². The Hall–Kier alpha value is -3.53. The number of carbonyl (C=O) groups excluding carboxylic acids is 1. The van der Waals surface area contributed by atoms with Crippen molar-refractivity contribution in [3.8, 4) is 6.07 Å². The van der Waals surface area contributed by atoms with Crippen LogP contribution in [0.1, 0.15) is 16.1 Å². The average molecular weight is 362 g/mol. The van der Waals surface area contributed by atoms with Crippen LogP contribution in [0.25, 0.3) is 10.9 Å². The van der Waals surface area contributed by atoms with E-state index in [0.29, 0.717) is 37.6 Å². The molecular formula is C20H18N4O3. The standard InChI is InChI=1S/C20H18N4O3/c1-22-16-6-3-2-5-14(16)18(15(13-21)19(22)25)23-8-10-24(11-9-23)20(26)17-7-4-12-27-17/h2-7,12H,8-11H2,1H3. The molecular weight excluding hydrogens is 344 g/mol. The molecule has 1 amide bonds. The third-order valence-electron chi connectivity index (χ3n) is 5.00. The summed E-state index contributed by atoms with van der Waals surface area (Å²) in [7, 11) is 1.68. The first-order valence-electron chi connectivity index (χ1n) is 8.71. The van der Waals surface area contributed by atoms with Gasteiger partial charge in [0.2, 0.25) is 0 Å². The van der Waals surface area contributed by atoms with Crippen molar-refractivity contribution in [2.24, 2.45) is 7.05 Å². The quantitative estimate of drug-likeness (QED) is 0.696. The molecule has 0 atom stereocenters. The number of carbonyl (C=O) groups is 1. The maximum atomic E-state index is 12.6. The molecule has 7 nitrogen and oxygen atoms in total. The second kappa shape index (κ2) is 6.65. The summed E-state index contributed by atoms with van der Waals surface area (Å²) < 4.78 is 6.70. The maximum Gasteiger partial charge on any atom is 0.289 e. The van der Waals surface area contributed by atoms with E-state index in [-0.39, 0.29) is 17.0 Å². The number of nitriles is 1. The summed E-state index contributed by atoms with van der Waals surface area (Å²) in [6.45, 7) is 2.07. The Morgan fingerprint density at radius 3 is 2.52 bits per heavy atom. The summed E-state index contributed by atoms with van der Waals surface area (Å²) >= 11 is 0. The maximum absolute atomic E-state index is 12.6. The van der Waals surface area contributed by atoms with E-state index in [1.54, 1.807) is 24.1 Å². The molecule has 3 aromatic rings. The molecule has 0 spiro atoms. The largest absolute Gasteiger partial charge is 0.459 e. The van der Waals surface area contributed by atoms with Gasteiger partial charge in [-0.15, -0.1) is 0 Å². The Balaban J connectivity index is 1.68. The molecule has 4 rings (SSSR count). The molecule has 7 heteroatoms. The van der Waals surface area contributed by atoms with Crippen molar-refractivity contribution in [3.05, 3.63) is 64.3 Å². The van der Waals surface area contributed by atoms with Crippen molar-refractivity contribution in [1.82, 2.24) is 9.47 Å². The summed E-state index contributed by atoms with van der Waals surface area (Å²) in [4.78, 5) is 28.8. The Bertz CT molecular complexity index is 1100. The van der Waals surface area contributed by atoms with Gasteiger partial charge in [0.15, 0.2) is 5.76 Å². The second-order valence-electron chi connectivity index (χ2n) is 6.47. The van der Waals surface area contributed by atoms with Crippen LogP contribution in [0, 0.1) is 11.3 Å². The van der Waals surface area contributed by atoms with Crippen LogP contribution in [0.15, 0.2) is 51.9 Å². The number of fused-ring (bicyclic) bond motifs is 1. The first-order valence-corrected chi connectivity index (χ1v) is 8.71. The molecule has 2 aromatic heterocycles. The summed E-state index contributed by atoms with van der Waals surface area (Å²) in [6.07, 6.45) is 1.48. The summed E-state index contributed by atoms with van der Waals surface area (Å²) in [5, 5.41) is 10.5. The zero-order chi connectivity index (χ0) is 19.0. The van der Waals surface area contributed by atoms with Gasteiger partial charge in [-0.05, 0) is 18.2 Å². The first-order chi connectivity index (χ1) is 13.1.